The standard InChI is InChI=1S/C20H20N6/c21-6-1-7-23-12-14-3-5-17-15(8-14)10-19(24-17)20-16-4-2-13(11-22)9-18(16)25-26-20/h2-5,8-10,23-24H,1,6-7,12,21H2,(H,25,26). The fraction of sp³-hybridized carbons (Fsp3) is 0.200. The Labute approximate surface area is 151 Å². The van der Waals surface area contributed by atoms with Crippen molar-refractivity contribution >= 4 is 21.8 Å². The minimum absolute atomic E-state index is 0.621. The van der Waals surface area contributed by atoms with Crippen molar-refractivity contribution in [3.63, 3.8) is 0 Å². The van der Waals surface area contributed by atoms with Crippen molar-refractivity contribution in [2.75, 3.05) is 13.1 Å². The summed E-state index contributed by atoms with van der Waals surface area (Å²) in [4.78, 5) is 3.44. The van der Waals surface area contributed by atoms with Crippen LogP contribution in [0.25, 0.3) is 33.2 Å². The molecule has 130 valence electrons. The molecule has 26 heavy (non-hydrogen) atoms. The normalized spacial score (nSPS) is 11.2. The first kappa shape index (κ1) is 16.3. The summed E-state index contributed by atoms with van der Waals surface area (Å²) in [7, 11) is 0. The van der Waals surface area contributed by atoms with Gasteiger partial charge in [-0.15, -0.1) is 0 Å². The molecule has 0 fully saturated rings. The third-order valence-electron chi connectivity index (χ3n) is 4.52. The van der Waals surface area contributed by atoms with Crippen LogP contribution in [0.5, 0.6) is 0 Å². The zero-order chi connectivity index (χ0) is 17.9. The lowest BCUT2D eigenvalue weighted by Crippen LogP contribution is -2.17. The van der Waals surface area contributed by atoms with Gasteiger partial charge in [0, 0.05) is 22.8 Å². The first-order valence-electron chi connectivity index (χ1n) is 8.69. The van der Waals surface area contributed by atoms with E-state index in [0.717, 1.165) is 52.7 Å². The summed E-state index contributed by atoms with van der Waals surface area (Å²) in [6, 6.07) is 16.3. The van der Waals surface area contributed by atoms with Crippen LogP contribution in [0.4, 0.5) is 0 Å². The Kier molecular flexibility index (Phi) is 4.40. The lowest BCUT2D eigenvalue weighted by molar-refractivity contribution is 0.656. The highest BCUT2D eigenvalue weighted by atomic mass is 15.1. The van der Waals surface area contributed by atoms with Crippen LogP contribution < -0.4 is 11.1 Å². The molecule has 0 aliphatic rings. The van der Waals surface area contributed by atoms with Gasteiger partial charge in [-0.05, 0) is 61.5 Å². The Morgan fingerprint density at radius 3 is 2.88 bits per heavy atom. The van der Waals surface area contributed by atoms with Gasteiger partial charge in [-0.3, -0.25) is 5.10 Å². The van der Waals surface area contributed by atoms with Gasteiger partial charge in [0.1, 0.15) is 5.69 Å². The molecule has 0 aliphatic carbocycles. The van der Waals surface area contributed by atoms with Gasteiger partial charge in [-0.1, -0.05) is 6.07 Å². The van der Waals surface area contributed by atoms with Gasteiger partial charge >= 0.3 is 0 Å². The number of nitrogens with one attached hydrogen (secondary N) is 3. The van der Waals surface area contributed by atoms with E-state index in [1.54, 1.807) is 0 Å². The number of hydrogen-bond donors (Lipinski definition) is 4. The van der Waals surface area contributed by atoms with Gasteiger partial charge in [-0.25, -0.2) is 0 Å². The average molecular weight is 344 g/mol. The van der Waals surface area contributed by atoms with E-state index in [1.165, 1.54) is 5.56 Å². The monoisotopic (exact) mass is 344 g/mol. The number of fused-ring (bicyclic) bond motifs is 2. The second-order valence-corrected chi connectivity index (χ2v) is 6.37. The Bertz CT molecular complexity index is 1100. The van der Waals surface area contributed by atoms with E-state index in [9.17, 15) is 0 Å². The molecule has 0 amide bonds. The van der Waals surface area contributed by atoms with Crippen LogP contribution in [0.2, 0.25) is 0 Å². The zero-order valence-electron chi connectivity index (χ0n) is 14.3. The maximum Gasteiger partial charge on any atom is 0.116 e. The maximum absolute atomic E-state index is 9.03. The Hall–Kier alpha value is -3.14. The van der Waals surface area contributed by atoms with E-state index in [4.69, 9.17) is 11.0 Å². The van der Waals surface area contributed by atoms with Crippen LogP contribution in [0.15, 0.2) is 42.5 Å². The molecule has 4 aromatic rings. The number of benzene rings is 2. The first-order chi connectivity index (χ1) is 12.8. The Morgan fingerprint density at radius 1 is 1.12 bits per heavy atom. The lowest BCUT2D eigenvalue weighted by atomic mass is 10.1. The minimum atomic E-state index is 0.621. The second kappa shape index (κ2) is 7.00. The van der Waals surface area contributed by atoms with Crippen molar-refractivity contribution in [3.8, 4) is 17.5 Å². The quantitative estimate of drug-likeness (QED) is 0.403. The van der Waals surface area contributed by atoms with E-state index in [1.807, 2.05) is 18.2 Å². The molecular formula is C20H20N6. The summed E-state index contributed by atoms with van der Waals surface area (Å²) in [5.41, 5.74) is 11.2. The molecule has 2 aromatic heterocycles. The van der Waals surface area contributed by atoms with Crippen molar-refractivity contribution in [1.29, 1.82) is 5.26 Å². The number of aromatic nitrogens is 3. The molecule has 0 spiro atoms. The summed E-state index contributed by atoms with van der Waals surface area (Å²) >= 11 is 0. The minimum Gasteiger partial charge on any atom is -0.353 e. The van der Waals surface area contributed by atoms with Crippen LogP contribution in [0.1, 0.15) is 17.5 Å². The van der Waals surface area contributed by atoms with Crippen molar-refractivity contribution in [2.45, 2.75) is 13.0 Å². The highest BCUT2D eigenvalue weighted by Gasteiger charge is 2.11. The largest absolute Gasteiger partial charge is 0.353 e. The van der Waals surface area contributed by atoms with E-state index in [-0.39, 0.29) is 0 Å². The summed E-state index contributed by atoms with van der Waals surface area (Å²) in [6.07, 6.45) is 0.982. The molecular weight excluding hydrogens is 324 g/mol. The van der Waals surface area contributed by atoms with Gasteiger partial charge in [-0.2, -0.15) is 10.4 Å². The molecule has 2 heterocycles. The molecule has 0 aliphatic heterocycles. The number of nitriles is 1. The predicted molar refractivity (Wildman–Crippen MR) is 103 cm³/mol. The number of H-pyrrole nitrogens is 2. The van der Waals surface area contributed by atoms with Gasteiger partial charge in [0.2, 0.25) is 0 Å². The lowest BCUT2D eigenvalue weighted by Gasteiger charge is -2.03. The smallest absolute Gasteiger partial charge is 0.116 e. The molecule has 6 nitrogen and oxygen atoms in total. The Balaban J connectivity index is 1.64. The fourth-order valence-corrected chi connectivity index (χ4v) is 3.17. The number of hydrogen-bond acceptors (Lipinski definition) is 4. The summed E-state index contributed by atoms with van der Waals surface area (Å²) < 4.78 is 0. The zero-order valence-corrected chi connectivity index (χ0v) is 14.3. The predicted octanol–water partition coefficient (Wildman–Crippen LogP) is 3.02. The van der Waals surface area contributed by atoms with Gasteiger partial charge < -0.3 is 16.0 Å². The number of aromatic amines is 2. The highest BCUT2D eigenvalue weighted by Crippen LogP contribution is 2.29. The molecule has 6 heteroatoms. The summed E-state index contributed by atoms with van der Waals surface area (Å²) in [6.45, 7) is 2.47. The molecule has 4 rings (SSSR count). The molecule has 0 unspecified atom stereocenters. The summed E-state index contributed by atoms with van der Waals surface area (Å²) in [5, 5.41) is 22.0. The molecule has 5 N–H and O–H groups in total. The third-order valence-corrected chi connectivity index (χ3v) is 4.52. The van der Waals surface area contributed by atoms with Crippen LogP contribution in [0.3, 0.4) is 0 Å². The van der Waals surface area contributed by atoms with E-state index in [2.05, 4.69) is 50.8 Å². The van der Waals surface area contributed by atoms with Crippen LogP contribution in [0, 0.1) is 11.3 Å². The molecule has 0 atom stereocenters. The van der Waals surface area contributed by atoms with Crippen molar-refractivity contribution in [3.05, 3.63) is 53.6 Å². The molecule has 0 saturated carbocycles. The average Bonchev–Trinajstić information content (AvgIpc) is 3.27. The third kappa shape index (κ3) is 3.06. The number of nitrogens with zero attached hydrogens (tertiary/aromatic N) is 2. The van der Waals surface area contributed by atoms with E-state index >= 15 is 0 Å². The van der Waals surface area contributed by atoms with Crippen LogP contribution >= 0.6 is 0 Å². The van der Waals surface area contributed by atoms with E-state index in [0.29, 0.717) is 12.1 Å². The molecule has 0 bridgehead atoms. The van der Waals surface area contributed by atoms with Gasteiger partial charge in [0.25, 0.3) is 0 Å². The van der Waals surface area contributed by atoms with Crippen LogP contribution in [-0.4, -0.2) is 28.3 Å². The van der Waals surface area contributed by atoms with Crippen molar-refractivity contribution < 1.29 is 0 Å². The van der Waals surface area contributed by atoms with Crippen LogP contribution in [-0.2, 0) is 6.54 Å². The van der Waals surface area contributed by atoms with Gasteiger partial charge in [0.15, 0.2) is 0 Å². The first-order valence-corrected chi connectivity index (χ1v) is 8.69. The topological polar surface area (TPSA) is 106 Å². The maximum atomic E-state index is 9.03. The van der Waals surface area contributed by atoms with Crippen molar-refractivity contribution in [2.24, 2.45) is 5.73 Å². The van der Waals surface area contributed by atoms with E-state index < -0.39 is 0 Å². The number of nitrogens with two attached hydrogens (primary N) is 1. The van der Waals surface area contributed by atoms with Gasteiger partial charge in [0.05, 0.1) is 22.8 Å². The highest BCUT2D eigenvalue weighted by molar-refractivity contribution is 5.96. The summed E-state index contributed by atoms with van der Waals surface area (Å²) in [5.74, 6) is 0. The molecule has 2 aromatic carbocycles. The second-order valence-electron chi connectivity index (χ2n) is 6.37. The fourth-order valence-electron chi connectivity index (χ4n) is 3.17. The Morgan fingerprint density at radius 2 is 2.04 bits per heavy atom. The molecule has 0 saturated heterocycles. The van der Waals surface area contributed by atoms with Crippen molar-refractivity contribution in [1.82, 2.24) is 20.5 Å². The SMILES string of the molecule is N#Cc1ccc2c(-c3cc4cc(CNCCCN)ccc4[nH]3)n[nH]c2c1. The molecule has 0 radical (unpaired) electrons. The number of rotatable bonds is 6.